The highest BCUT2D eigenvalue weighted by Gasteiger charge is 2.35. The van der Waals surface area contributed by atoms with Crippen molar-refractivity contribution in [2.75, 3.05) is 6.54 Å². The second-order valence-corrected chi connectivity index (χ2v) is 12.7. The van der Waals surface area contributed by atoms with E-state index in [2.05, 4.69) is 5.32 Å². The molecule has 9 nitrogen and oxygen atoms in total. The third-order valence-corrected chi connectivity index (χ3v) is 5.20. The molecule has 0 aromatic carbocycles. The average Bonchev–Trinajstić information content (AvgIpc) is 2.68. The fourth-order valence-electron chi connectivity index (χ4n) is 3.73. The SMILES string of the molecule is CC(C)(C)OC(=O)CCC(CCC(=O)OC(C)(C)C)(CCC(=O)OC(C)(C)C)NC(=O)CCCCCN. The van der Waals surface area contributed by atoms with Gasteiger partial charge in [0.2, 0.25) is 5.91 Å². The Balaban J connectivity index is 5.82. The van der Waals surface area contributed by atoms with Crippen molar-refractivity contribution >= 4 is 23.8 Å². The second kappa shape index (κ2) is 15.3. The molecule has 0 aromatic rings. The van der Waals surface area contributed by atoms with Crippen LogP contribution in [0, 0.1) is 0 Å². The molecule has 0 saturated carbocycles. The summed E-state index contributed by atoms with van der Waals surface area (Å²) in [6.07, 6.45) is 3.30. The fraction of sp³-hybridized carbons (Fsp3) is 0.857. The molecular weight excluding hydrogens is 476 g/mol. The average molecular weight is 529 g/mol. The third kappa shape index (κ3) is 19.6. The molecule has 0 rings (SSSR count). The number of esters is 3. The van der Waals surface area contributed by atoms with Gasteiger partial charge in [0.25, 0.3) is 0 Å². The molecular formula is C28H52N2O7. The van der Waals surface area contributed by atoms with Crippen LogP contribution in [0.25, 0.3) is 0 Å². The Hall–Kier alpha value is -2.16. The van der Waals surface area contributed by atoms with Gasteiger partial charge in [-0.2, -0.15) is 0 Å². The van der Waals surface area contributed by atoms with Crippen LogP contribution in [0.5, 0.6) is 0 Å². The molecule has 0 saturated heterocycles. The van der Waals surface area contributed by atoms with Crippen LogP contribution in [0.3, 0.4) is 0 Å². The molecule has 1 amide bonds. The zero-order valence-electron chi connectivity index (χ0n) is 24.7. The summed E-state index contributed by atoms with van der Waals surface area (Å²) in [4.78, 5) is 50.6. The van der Waals surface area contributed by atoms with E-state index < -0.39 is 40.2 Å². The zero-order chi connectivity index (χ0) is 28.9. The van der Waals surface area contributed by atoms with Crippen molar-refractivity contribution in [1.82, 2.24) is 5.32 Å². The molecule has 0 bridgehead atoms. The van der Waals surface area contributed by atoms with Gasteiger partial charge in [-0.3, -0.25) is 19.2 Å². The molecule has 9 heteroatoms. The molecule has 0 aliphatic carbocycles. The van der Waals surface area contributed by atoms with E-state index in [1.165, 1.54) is 0 Å². The molecule has 0 aromatic heterocycles. The first-order valence-electron chi connectivity index (χ1n) is 13.4. The molecule has 0 fully saturated rings. The molecule has 0 aliphatic heterocycles. The van der Waals surface area contributed by atoms with Crippen molar-refractivity contribution in [3.8, 4) is 0 Å². The Kier molecular flexibility index (Phi) is 14.4. The number of unbranched alkanes of at least 4 members (excludes halogenated alkanes) is 2. The van der Waals surface area contributed by atoms with Gasteiger partial charge in [0.15, 0.2) is 0 Å². The molecule has 37 heavy (non-hydrogen) atoms. The van der Waals surface area contributed by atoms with E-state index in [0.717, 1.165) is 12.8 Å². The standard InChI is InChI=1S/C28H52N2O7/c1-25(2,3)35-22(32)14-17-28(18-15-23(33)36-26(4,5)6,19-16-24(34)37-27(7,8)9)30-21(31)13-11-10-12-20-29/h10-20,29H2,1-9H3,(H,30,31). The van der Waals surface area contributed by atoms with E-state index in [1.54, 1.807) is 62.3 Å². The van der Waals surface area contributed by atoms with Crippen LogP contribution < -0.4 is 11.1 Å². The first kappa shape index (κ1) is 34.8. The minimum Gasteiger partial charge on any atom is -0.460 e. The number of carbonyl (C=O) groups excluding carboxylic acids is 4. The third-order valence-electron chi connectivity index (χ3n) is 5.20. The lowest BCUT2D eigenvalue weighted by molar-refractivity contribution is -0.155. The monoisotopic (exact) mass is 528 g/mol. The highest BCUT2D eigenvalue weighted by molar-refractivity contribution is 5.78. The summed E-state index contributed by atoms with van der Waals surface area (Å²) in [6.45, 7) is 16.6. The molecule has 0 heterocycles. The lowest BCUT2D eigenvalue weighted by Gasteiger charge is -2.36. The predicted octanol–water partition coefficient (Wildman–Crippen LogP) is 4.73. The zero-order valence-corrected chi connectivity index (χ0v) is 24.7. The highest BCUT2D eigenvalue weighted by Crippen LogP contribution is 2.29. The van der Waals surface area contributed by atoms with E-state index in [1.807, 2.05) is 0 Å². The summed E-state index contributed by atoms with van der Waals surface area (Å²) < 4.78 is 16.4. The van der Waals surface area contributed by atoms with Gasteiger partial charge in [-0.15, -0.1) is 0 Å². The minimum atomic E-state index is -0.990. The van der Waals surface area contributed by atoms with Crippen molar-refractivity contribution in [3.63, 3.8) is 0 Å². The van der Waals surface area contributed by atoms with Crippen LogP contribution in [0.1, 0.15) is 127 Å². The summed E-state index contributed by atoms with van der Waals surface area (Å²) in [6, 6.07) is 0. The smallest absolute Gasteiger partial charge is 0.306 e. The van der Waals surface area contributed by atoms with Crippen molar-refractivity contribution in [3.05, 3.63) is 0 Å². The van der Waals surface area contributed by atoms with E-state index in [-0.39, 0.29) is 50.9 Å². The lowest BCUT2D eigenvalue weighted by atomic mass is 9.83. The Labute approximate surface area is 223 Å². The first-order valence-corrected chi connectivity index (χ1v) is 13.4. The number of amides is 1. The molecule has 0 aliphatic rings. The van der Waals surface area contributed by atoms with Gasteiger partial charge >= 0.3 is 17.9 Å². The number of hydrogen-bond acceptors (Lipinski definition) is 8. The topological polar surface area (TPSA) is 134 Å². The maximum Gasteiger partial charge on any atom is 0.306 e. The van der Waals surface area contributed by atoms with Gasteiger partial charge in [0.1, 0.15) is 16.8 Å². The summed E-state index contributed by atoms with van der Waals surface area (Å²) in [5.41, 5.74) is 2.60. The Morgan fingerprint density at radius 1 is 0.568 bits per heavy atom. The van der Waals surface area contributed by atoms with Crippen LogP contribution in [0.15, 0.2) is 0 Å². The number of nitrogens with one attached hydrogen (secondary N) is 1. The Morgan fingerprint density at radius 2 is 0.919 bits per heavy atom. The van der Waals surface area contributed by atoms with Crippen molar-refractivity contribution < 1.29 is 33.4 Å². The van der Waals surface area contributed by atoms with E-state index in [0.29, 0.717) is 13.0 Å². The number of carbonyl (C=O) groups is 4. The van der Waals surface area contributed by atoms with Gasteiger partial charge in [-0.1, -0.05) is 6.42 Å². The largest absolute Gasteiger partial charge is 0.460 e. The van der Waals surface area contributed by atoms with E-state index >= 15 is 0 Å². The highest BCUT2D eigenvalue weighted by atomic mass is 16.6. The van der Waals surface area contributed by atoms with E-state index in [4.69, 9.17) is 19.9 Å². The van der Waals surface area contributed by atoms with Crippen LogP contribution in [0.2, 0.25) is 0 Å². The number of rotatable bonds is 15. The molecule has 0 atom stereocenters. The first-order chi connectivity index (χ1) is 16.8. The Morgan fingerprint density at radius 3 is 1.22 bits per heavy atom. The van der Waals surface area contributed by atoms with Crippen LogP contribution in [-0.4, -0.2) is 52.7 Å². The van der Waals surface area contributed by atoms with Gasteiger partial charge in [-0.25, -0.2) is 0 Å². The predicted molar refractivity (Wildman–Crippen MR) is 144 cm³/mol. The van der Waals surface area contributed by atoms with Gasteiger partial charge in [0.05, 0.1) is 0 Å². The molecule has 0 spiro atoms. The molecule has 0 unspecified atom stereocenters. The maximum atomic E-state index is 13.0. The lowest BCUT2D eigenvalue weighted by Crippen LogP contribution is -2.50. The fourth-order valence-corrected chi connectivity index (χ4v) is 3.73. The van der Waals surface area contributed by atoms with Crippen molar-refractivity contribution in [2.45, 2.75) is 149 Å². The van der Waals surface area contributed by atoms with Crippen molar-refractivity contribution in [1.29, 1.82) is 0 Å². The molecule has 0 radical (unpaired) electrons. The number of ether oxygens (including phenoxy) is 3. The van der Waals surface area contributed by atoms with E-state index in [9.17, 15) is 19.2 Å². The summed E-state index contributed by atoms with van der Waals surface area (Å²) >= 11 is 0. The number of nitrogens with two attached hydrogens (primary N) is 1. The van der Waals surface area contributed by atoms with Gasteiger partial charge in [0, 0.05) is 31.2 Å². The quantitative estimate of drug-likeness (QED) is 0.177. The van der Waals surface area contributed by atoms with Crippen LogP contribution >= 0.6 is 0 Å². The van der Waals surface area contributed by atoms with Crippen molar-refractivity contribution in [2.24, 2.45) is 5.73 Å². The van der Waals surface area contributed by atoms with Crippen LogP contribution in [0.4, 0.5) is 0 Å². The van der Waals surface area contributed by atoms with Gasteiger partial charge in [-0.05, 0) is 101 Å². The molecule has 3 N–H and O–H groups in total. The summed E-state index contributed by atoms with van der Waals surface area (Å²) in [5, 5.41) is 3.07. The summed E-state index contributed by atoms with van der Waals surface area (Å²) in [5.74, 6) is -1.44. The maximum absolute atomic E-state index is 13.0. The minimum absolute atomic E-state index is 0.0212. The number of hydrogen-bond donors (Lipinski definition) is 2. The molecule has 216 valence electrons. The summed E-state index contributed by atoms with van der Waals surface area (Å²) in [7, 11) is 0. The Bertz CT molecular complexity index is 664. The van der Waals surface area contributed by atoms with Crippen LogP contribution in [-0.2, 0) is 33.4 Å². The normalized spacial score (nSPS) is 12.6. The second-order valence-electron chi connectivity index (χ2n) is 12.7. The van der Waals surface area contributed by atoms with Gasteiger partial charge < -0.3 is 25.3 Å².